The van der Waals surface area contributed by atoms with Crippen molar-refractivity contribution >= 4 is 95.8 Å². The number of benzene rings is 2. The second-order valence-electron chi connectivity index (χ2n) is 10.5. The molecule has 0 aromatic heterocycles. The lowest BCUT2D eigenvalue weighted by Crippen LogP contribution is -2.48. The van der Waals surface area contributed by atoms with E-state index >= 15 is 0 Å². The van der Waals surface area contributed by atoms with Gasteiger partial charge in [-0.05, 0) is 122 Å². The van der Waals surface area contributed by atoms with Crippen molar-refractivity contribution in [3.05, 3.63) is 52.2 Å². The number of carbonyl (C=O) groups is 3. The first-order valence-corrected chi connectivity index (χ1v) is 17.6. The lowest BCUT2D eigenvalue weighted by atomic mass is 9.78. The molecule has 2 bridgehead atoms. The van der Waals surface area contributed by atoms with E-state index in [4.69, 9.17) is 18.9 Å². The van der Waals surface area contributed by atoms with E-state index in [9.17, 15) is 27.4 Å². The van der Waals surface area contributed by atoms with Gasteiger partial charge in [0, 0.05) is 10.7 Å². The molecule has 10 nitrogen and oxygen atoms in total. The number of carbonyl (C=O) groups excluding carboxylic acids is 3. The Morgan fingerprint density at radius 1 is 0.976 bits per heavy atom. The summed E-state index contributed by atoms with van der Waals surface area (Å²) in [6, 6.07) is 7.48. The van der Waals surface area contributed by atoms with Crippen molar-refractivity contribution < 1.29 is 46.3 Å². The zero-order valence-electron chi connectivity index (χ0n) is 21.1. The maximum absolute atomic E-state index is 13.5. The third-order valence-corrected chi connectivity index (χ3v) is 12.7. The molecule has 0 radical (unpaired) electrons. The molecule has 6 rings (SSSR count). The van der Waals surface area contributed by atoms with Gasteiger partial charge >= 0.3 is 17.9 Å². The van der Waals surface area contributed by atoms with Gasteiger partial charge in [-0.1, -0.05) is 19.3 Å². The first-order chi connectivity index (χ1) is 19.4. The van der Waals surface area contributed by atoms with Gasteiger partial charge in [0.2, 0.25) is 0 Å². The Morgan fingerprint density at radius 3 is 2.41 bits per heavy atom. The summed E-state index contributed by atoms with van der Waals surface area (Å²) in [4.78, 5) is 39.2. The lowest BCUT2D eigenvalue weighted by molar-refractivity contribution is -0.149. The van der Waals surface area contributed by atoms with E-state index in [-0.39, 0.29) is 16.6 Å². The molecule has 3 heterocycles. The predicted molar refractivity (Wildman–Crippen MR) is 165 cm³/mol. The zero-order chi connectivity index (χ0) is 29.2. The Labute approximate surface area is 276 Å². The van der Waals surface area contributed by atoms with Gasteiger partial charge in [-0.15, -0.1) is 0 Å². The van der Waals surface area contributed by atoms with E-state index in [0.717, 1.165) is 39.2 Å². The fourth-order valence-corrected chi connectivity index (χ4v) is 9.49. The summed E-state index contributed by atoms with van der Waals surface area (Å²) in [5.41, 5.74) is 0.691. The molecule has 3 saturated heterocycles. The molecule has 1 aliphatic carbocycles. The van der Waals surface area contributed by atoms with E-state index in [1.54, 1.807) is 6.07 Å². The Bertz CT molecular complexity index is 1550. The third-order valence-electron chi connectivity index (χ3n) is 8.15. The summed E-state index contributed by atoms with van der Waals surface area (Å²) in [7, 11) is -4.74. The van der Waals surface area contributed by atoms with E-state index in [2.05, 4.69) is 67.8 Å². The van der Waals surface area contributed by atoms with Crippen LogP contribution in [0.2, 0.25) is 0 Å². The van der Waals surface area contributed by atoms with Crippen molar-refractivity contribution in [2.45, 2.75) is 67.3 Å². The Kier molecular flexibility index (Phi) is 8.36. The summed E-state index contributed by atoms with van der Waals surface area (Å²) in [5, 5.41) is 0. The molecule has 2 aromatic carbocycles. The first kappa shape index (κ1) is 30.0. The minimum absolute atomic E-state index is 0.0604. The Morgan fingerprint density at radius 2 is 1.71 bits per heavy atom. The number of hydrogen-bond acceptors (Lipinski definition) is 10. The maximum Gasteiger partial charge on any atom is 0.339 e. The average Bonchev–Trinajstić information content (AvgIpc) is 3.54. The number of hydrogen-bond donors (Lipinski definition) is 0. The van der Waals surface area contributed by atoms with Crippen LogP contribution >= 0.6 is 67.8 Å². The molecular formula is C27H22I3O10S-. The van der Waals surface area contributed by atoms with E-state index in [0.29, 0.717) is 14.7 Å². The standard InChI is InChI=1S/C27H23I3O10S/c28-12-8-15(20(30)16(29)9-12)25(31)39-23-21-18(19-22(38-21)24(23)40-27(19)33)26(32)37-13-6-7-17(41(34,35)36)14(10-13)11-4-2-1-3-5-11/h6-11,18-19,21-24H,1-5H2,(H,34,35,36)/p-1. The fraction of sp³-hybridized carbons (Fsp3) is 0.444. The van der Waals surface area contributed by atoms with Crippen LogP contribution in [0.4, 0.5) is 0 Å². The van der Waals surface area contributed by atoms with Gasteiger partial charge in [-0.3, -0.25) is 9.59 Å². The SMILES string of the molecule is O=C(OC1C2OC(=O)C3C2OC1C3C(=O)Oc1ccc(S(=O)(=O)[O-])c(C2CCCCC2)c1)c1cc(I)cc(I)c1I. The zero-order valence-corrected chi connectivity index (χ0v) is 28.4. The van der Waals surface area contributed by atoms with Gasteiger partial charge in [0.25, 0.3) is 0 Å². The molecule has 218 valence electrons. The molecule has 3 aliphatic heterocycles. The number of rotatable bonds is 6. The summed E-state index contributed by atoms with van der Waals surface area (Å²) >= 11 is 6.31. The molecule has 6 atom stereocenters. The maximum atomic E-state index is 13.5. The summed E-state index contributed by atoms with van der Waals surface area (Å²) in [5.74, 6) is -4.13. The first-order valence-electron chi connectivity index (χ1n) is 13.0. The van der Waals surface area contributed by atoms with Gasteiger partial charge in [0.05, 0.1) is 10.5 Å². The molecule has 1 saturated carbocycles. The van der Waals surface area contributed by atoms with Crippen LogP contribution in [0.25, 0.3) is 0 Å². The minimum Gasteiger partial charge on any atom is -0.744 e. The molecule has 4 fully saturated rings. The predicted octanol–water partition coefficient (Wildman–Crippen LogP) is 4.52. The highest BCUT2D eigenvalue weighted by Crippen LogP contribution is 2.52. The molecule has 6 unspecified atom stereocenters. The van der Waals surface area contributed by atoms with Crippen LogP contribution in [0.3, 0.4) is 0 Å². The highest BCUT2D eigenvalue weighted by Gasteiger charge is 2.72. The Balaban J connectivity index is 1.26. The quantitative estimate of drug-likeness (QED) is 0.133. The van der Waals surface area contributed by atoms with Crippen molar-refractivity contribution in [2.24, 2.45) is 11.8 Å². The van der Waals surface area contributed by atoms with E-state index < -0.39 is 64.3 Å². The molecule has 0 N–H and O–H groups in total. The molecule has 0 spiro atoms. The third kappa shape index (κ3) is 5.53. The van der Waals surface area contributed by atoms with Crippen molar-refractivity contribution in [3.63, 3.8) is 0 Å². The van der Waals surface area contributed by atoms with Crippen LogP contribution in [-0.4, -0.2) is 55.3 Å². The number of halogens is 3. The summed E-state index contributed by atoms with van der Waals surface area (Å²) in [6.07, 6.45) is 0.722. The van der Waals surface area contributed by atoms with Gasteiger partial charge in [0.15, 0.2) is 12.2 Å². The lowest BCUT2D eigenvalue weighted by Gasteiger charge is -2.28. The van der Waals surface area contributed by atoms with Crippen molar-refractivity contribution in [1.29, 1.82) is 0 Å². The monoisotopic (exact) mass is 919 g/mol. The smallest absolute Gasteiger partial charge is 0.339 e. The average molecular weight is 919 g/mol. The van der Waals surface area contributed by atoms with Crippen LogP contribution in [0.15, 0.2) is 35.2 Å². The summed E-state index contributed by atoms with van der Waals surface area (Å²) in [6.45, 7) is 0. The second kappa shape index (κ2) is 11.4. The van der Waals surface area contributed by atoms with Crippen LogP contribution in [0.5, 0.6) is 5.75 Å². The van der Waals surface area contributed by atoms with Crippen LogP contribution in [-0.2, 0) is 33.9 Å². The normalized spacial score (nSPS) is 28.9. The number of fused-ring (bicyclic) bond motifs is 1. The van der Waals surface area contributed by atoms with E-state index in [1.165, 1.54) is 18.2 Å². The minimum atomic E-state index is -4.74. The number of esters is 3. The highest BCUT2D eigenvalue weighted by molar-refractivity contribution is 14.1. The van der Waals surface area contributed by atoms with Crippen LogP contribution in [0.1, 0.15) is 53.9 Å². The number of ether oxygens (including phenoxy) is 4. The fourth-order valence-electron chi connectivity index (χ4n) is 6.37. The van der Waals surface area contributed by atoms with E-state index in [1.807, 2.05) is 6.07 Å². The van der Waals surface area contributed by atoms with Gasteiger partial charge in [-0.25, -0.2) is 13.2 Å². The van der Waals surface area contributed by atoms with Crippen molar-refractivity contribution in [2.75, 3.05) is 0 Å². The molecule has 4 aliphatic rings. The molecule has 2 aromatic rings. The Hall–Kier alpha value is -1.09. The van der Waals surface area contributed by atoms with Crippen molar-refractivity contribution in [1.82, 2.24) is 0 Å². The molecule has 41 heavy (non-hydrogen) atoms. The van der Waals surface area contributed by atoms with Gasteiger partial charge in [0.1, 0.15) is 39.9 Å². The highest BCUT2D eigenvalue weighted by atomic mass is 127. The van der Waals surface area contributed by atoms with Crippen LogP contribution < -0.4 is 4.74 Å². The largest absolute Gasteiger partial charge is 0.744 e. The molecule has 0 amide bonds. The molecular weight excluding hydrogens is 897 g/mol. The van der Waals surface area contributed by atoms with Crippen molar-refractivity contribution in [3.8, 4) is 5.75 Å². The second-order valence-corrected chi connectivity index (χ2v) is 15.4. The summed E-state index contributed by atoms with van der Waals surface area (Å²) < 4.78 is 61.3. The topological polar surface area (TPSA) is 145 Å². The van der Waals surface area contributed by atoms with Gasteiger partial charge in [-0.2, -0.15) is 0 Å². The van der Waals surface area contributed by atoms with Gasteiger partial charge < -0.3 is 23.5 Å². The molecule has 14 heteroatoms. The van der Waals surface area contributed by atoms with Crippen LogP contribution in [0, 0.1) is 22.5 Å².